The number of ether oxygens (including phenoxy) is 1. The van der Waals surface area contributed by atoms with E-state index in [0.717, 1.165) is 37.3 Å². The summed E-state index contributed by atoms with van der Waals surface area (Å²) in [4.78, 5) is 13.8. The molecule has 3 rings (SSSR count). The molecular weight excluding hydrogens is 276 g/mol. The first kappa shape index (κ1) is 14.4. The fourth-order valence-corrected chi connectivity index (χ4v) is 2.53. The molecule has 1 saturated heterocycles. The van der Waals surface area contributed by atoms with Gasteiger partial charge in [-0.05, 0) is 49.2 Å². The molecule has 0 aromatic heterocycles. The van der Waals surface area contributed by atoms with E-state index in [2.05, 4.69) is 5.32 Å². The Hall–Kier alpha value is -2.49. The Labute approximate surface area is 130 Å². The van der Waals surface area contributed by atoms with E-state index >= 15 is 0 Å². The minimum atomic E-state index is 0.0731. The van der Waals surface area contributed by atoms with Gasteiger partial charge in [-0.1, -0.05) is 18.2 Å². The molecule has 4 nitrogen and oxygen atoms in total. The summed E-state index contributed by atoms with van der Waals surface area (Å²) in [6, 6.07) is 17.6. The van der Waals surface area contributed by atoms with Gasteiger partial charge >= 0.3 is 0 Å². The lowest BCUT2D eigenvalue weighted by atomic mass is 10.2. The van der Waals surface area contributed by atoms with E-state index in [4.69, 9.17) is 4.74 Å². The summed E-state index contributed by atoms with van der Waals surface area (Å²) in [6.07, 6.45) is 2.21. The molecule has 1 fully saturated rings. The standard InChI is InChI=1S/C18H20N2O2/c21-18(20-12-4-5-13-20)14-22-17-10-8-16(9-11-17)19-15-6-2-1-3-7-15/h1-3,6-11,19H,4-5,12-14H2. The summed E-state index contributed by atoms with van der Waals surface area (Å²) >= 11 is 0. The van der Waals surface area contributed by atoms with Gasteiger partial charge in [-0.2, -0.15) is 0 Å². The van der Waals surface area contributed by atoms with E-state index in [0.29, 0.717) is 5.75 Å². The van der Waals surface area contributed by atoms with Gasteiger partial charge in [0.25, 0.3) is 5.91 Å². The van der Waals surface area contributed by atoms with Crippen molar-refractivity contribution in [2.75, 3.05) is 25.0 Å². The first-order chi connectivity index (χ1) is 10.8. The van der Waals surface area contributed by atoms with Crippen molar-refractivity contribution >= 4 is 17.3 Å². The average Bonchev–Trinajstić information content (AvgIpc) is 3.09. The SMILES string of the molecule is O=C(COc1ccc(Nc2ccccc2)cc1)N1CCCC1. The maximum Gasteiger partial charge on any atom is 0.260 e. The molecular formula is C18H20N2O2. The highest BCUT2D eigenvalue weighted by Crippen LogP contribution is 2.20. The molecule has 0 bridgehead atoms. The number of amides is 1. The number of carbonyl (C=O) groups is 1. The van der Waals surface area contributed by atoms with Gasteiger partial charge in [0, 0.05) is 24.5 Å². The van der Waals surface area contributed by atoms with Gasteiger partial charge in [-0.3, -0.25) is 4.79 Å². The van der Waals surface area contributed by atoms with E-state index in [1.165, 1.54) is 0 Å². The molecule has 0 spiro atoms. The second-order valence-corrected chi connectivity index (χ2v) is 5.39. The number of hydrogen-bond acceptors (Lipinski definition) is 3. The molecule has 22 heavy (non-hydrogen) atoms. The Kier molecular flexibility index (Phi) is 4.59. The molecule has 1 N–H and O–H groups in total. The highest BCUT2D eigenvalue weighted by atomic mass is 16.5. The zero-order valence-corrected chi connectivity index (χ0v) is 12.5. The van der Waals surface area contributed by atoms with Crippen molar-refractivity contribution in [2.45, 2.75) is 12.8 Å². The molecule has 114 valence electrons. The lowest BCUT2D eigenvalue weighted by Crippen LogP contribution is -2.32. The largest absolute Gasteiger partial charge is 0.484 e. The van der Waals surface area contributed by atoms with Gasteiger partial charge in [0.1, 0.15) is 5.75 Å². The third-order valence-electron chi connectivity index (χ3n) is 3.74. The summed E-state index contributed by atoms with van der Waals surface area (Å²) in [5.41, 5.74) is 2.03. The molecule has 0 atom stereocenters. The van der Waals surface area contributed by atoms with Crippen LogP contribution in [0.2, 0.25) is 0 Å². The smallest absolute Gasteiger partial charge is 0.260 e. The third kappa shape index (κ3) is 3.79. The van der Waals surface area contributed by atoms with Crippen molar-refractivity contribution in [3.63, 3.8) is 0 Å². The molecule has 0 radical (unpaired) electrons. The Morgan fingerprint density at radius 3 is 2.27 bits per heavy atom. The number of likely N-dealkylation sites (tertiary alicyclic amines) is 1. The van der Waals surface area contributed by atoms with Crippen LogP contribution in [0, 0.1) is 0 Å². The topological polar surface area (TPSA) is 41.6 Å². The molecule has 0 unspecified atom stereocenters. The monoisotopic (exact) mass is 296 g/mol. The maximum absolute atomic E-state index is 11.9. The van der Waals surface area contributed by atoms with Crippen LogP contribution in [0.5, 0.6) is 5.75 Å². The van der Waals surface area contributed by atoms with Crippen molar-refractivity contribution in [1.29, 1.82) is 0 Å². The van der Waals surface area contributed by atoms with E-state index in [1.54, 1.807) is 0 Å². The van der Waals surface area contributed by atoms with Crippen LogP contribution in [0.1, 0.15) is 12.8 Å². The number of hydrogen-bond donors (Lipinski definition) is 1. The van der Waals surface area contributed by atoms with Crippen LogP contribution < -0.4 is 10.1 Å². The van der Waals surface area contributed by atoms with Crippen molar-refractivity contribution in [3.05, 3.63) is 54.6 Å². The summed E-state index contributed by atoms with van der Waals surface area (Å²) < 4.78 is 5.57. The molecule has 1 amide bonds. The van der Waals surface area contributed by atoms with Crippen LogP contribution in [0.25, 0.3) is 0 Å². The van der Waals surface area contributed by atoms with Crippen molar-refractivity contribution in [1.82, 2.24) is 4.90 Å². The molecule has 2 aromatic rings. The van der Waals surface area contributed by atoms with Gasteiger partial charge in [-0.25, -0.2) is 0 Å². The summed E-state index contributed by atoms with van der Waals surface area (Å²) in [5.74, 6) is 0.787. The number of benzene rings is 2. The zero-order valence-electron chi connectivity index (χ0n) is 12.5. The van der Waals surface area contributed by atoms with Crippen molar-refractivity contribution in [2.24, 2.45) is 0 Å². The number of nitrogens with zero attached hydrogens (tertiary/aromatic N) is 1. The second-order valence-electron chi connectivity index (χ2n) is 5.39. The summed E-state index contributed by atoms with van der Waals surface area (Å²) in [7, 11) is 0. The summed E-state index contributed by atoms with van der Waals surface area (Å²) in [5, 5.41) is 3.31. The second kappa shape index (κ2) is 6.98. The average molecular weight is 296 g/mol. The number of anilines is 2. The molecule has 1 aliphatic heterocycles. The Morgan fingerprint density at radius 1 is 0.955 bits per heavy atom. The molecule has 0 saturated carbocycles. The maximum atomic E-state index is 11.9. The zero-order chi connectivity index (χ0) is 15.2. The van der Waals surface area contributed by atoms with Gasteiger partial charge in [0.05, 0.1) is 0 Å². The predicted molar refractivity (Wildman–Crippen MR) is 87.5 cm³/mol. The van der Waals surface area contributed by atoms with Crippen molar-refractivity contribution in [3.8, 4) is 5.75 Å². The van der Waals surface area contributed by atoms with Crippen LogP contribution >= 0.6 is 0 Å². The van der Waals surface area contributed by atoms with Gasteiger partial charge in [0.15, 0.2) is 6.61 Å². The van der Waals surface area contributed by atoms with E-state index in [1.807, 2.05) is 59.5 Å². The first-order valence-electron chi connectivity index (χ1n) is 7.64. The lowest BCUT2D eigenvalue weighted by Gasteiger charge is -2.15. The number of carbonyl (C=O) groups excluding carboxylic acids is 1. The number of rotatable bonds is 5. The minimum absolute atomic E-state index is 0.0731. The Morgan fingerprint density at radius 2 is 1.59 bits per heavy atom. The molecule has 1 heterocycles. The predicted octanol–water partition coefficient (Wildman–Crippen LogP) is 3.43. The molecule has 2 aromatic carbocycles. The van der Waals surface area contributed by atoms with Gasteiger partial charge < -0.3 is 15.0 Å². The quantitative estimate of drug-likeness (QED) is 0.919. The first-order valence-corrected chi connectivity index (χ1v) is 7.64. The number of para-hydroxylation sites is 1. The number of nitrogens with one attached hydrogen (secondary N) is 1. The highest BCUT2D eigenvalue weighted by molar-refractivity contribution is 5.78. The van der Waals surface area contributed by atoms with Crippen LogP contribution in [-0.4, -0.2) is 30.5 Å². The van der Waals surface area contributed by atoms with Crippen molar-refractivity contribution < 1.29 is 9.53 Å². The highest BCUT2D eigenvalue weighted by Gasteiger charge is 2.17. The molecule has 0 aliphatic carbocycles. The van der Waals surface area contributed by atoms with E-state index in [9.17, 15) is 4.79 Å². The Bertz CT molecular complexity index is 605. The molecule has 1 aliphatic rings. The fourth-order valence-electron chi connectivity index (χ4n) is 2.53. The van der Waals surface area contributed by atoms with Gasteiger partial charge in [-0.15, -0.1) is 0 Å². The molecule has 4 heteroatoms. The van der Waals surface area contributed by atoms with Crippen LogP contribution in [0.15, 0.2) is 54.6 Å². The lowest BCUT2D eigenvalue weighted by molar-refractivity contribution is -0.132. The Balaban J connectivity index is 1.52. The normalized spacial score (nSPS) is 13.9. The van der Waals surface area contributed by atoms with Crippen LogP contribution in [0.3, 0.4) is 0 Å². The summed E-state index contributed by atoms with van der Waals surface area (Å²) in [6.45, 7) is 1.84. The minimum Gasteiger partial charge on any atom is -0.484 e. The van der Waals surface area contributed by atoms with E-state index < -0.39 is 0 Å². The fraction of sp³-hybridized carbons (Fsp3) is 0.278. The van der Waals surface area contributed by atoms with Crippen LogP contribution in [-0.2, 0) is 4.79 Å². The van der Waals surface area contributed by atoms with Crippen LogP contribution in [0.4, 0.5) is 11.4 Å². The van der Waals surface area contributed by atoms with Gasteiger partial charge in [0.2, 0.25) is 0 Å². The van der Waals surface area contributed by atoms with E-state index in [-0.39, 0.29) is 12.5 Å². The third-order valence-corrected chi connectivity index (χ3v) is 3.74.